The lowest BCUT2D eigenvalue weighted by Gasteiger charge is -2.36. The lowest BCUT2D eigenvalue weighted by atomic mass is 9.74. The number of nitrogens with zero attached hydrogens (tertiary/aromatic N) is 1. The normalized spacial score (nSPS) is 24.3. The van der Waals surface area contributed by atoms with Crippen molar-refractivity contribution in [3.05, 3.63) is 35.5 Å². The molecule has 0 bridgehead atoms. The Morgan fingerprint density at radius 1 is 1.27 bits per heavy atom. The van der Waals surface area contributed by atoms with Crippen LogP contribution < -0.4 is 15.5 Å². The third kappa shape index (κ3) is 3.22. The molecule has 0 saturated heterocycles. The molecule has 0 radical (unpaired) electrons. The number of anilines is 2. The second-order valence-corrected chi connectivity index (χ2v) is 8.62. The first-order chi connectivity index (χ1) is 12.3. The largest absolute Gasteiger partial charge is 0.357 e. The van der Waals surface area contributed by atoms with Crippen molar-refractivity contribution < 1.29 is 9.59 Å². The zero-order chi connectivity index (χ0) is 18.5. The Hall–Kier alpha value is -2.30. The molecule has 3 aliphatic rings. The van der Waals surface area contributed by atoms with E-state index in [9.17, 15) is 9.59 Å². The number of nitrogens with one attached hydrogen (secondary N) is 2. The molecule has 1 aromatic carbocycles. The van der Waals surface area contributed by atoms with Crippen LogP contribution in [-0.2, 0) is 9.59 Å². The molecule has 1 fully saturated rings. The van der Waals surface area contributed by atoms with Crippen LogP contribution in [0.1, 0.15) is 46.5 Å². The van der Waals surface area contributed by atoms with Gasteiger partial charge in [0.15, 0.2) is 5.78 Å². The molecule has 0 aromatic heterocycles. The van der Waals surface area contributed by atoms with Crippen LogP contribution in [0.25, 0.3) is 0 Å². The molecule has 1 saturated carbocycles. The number of carbonyl (C=O) groups is 2. The maximum Gasteiger partial charge on any atom is 0.239 e. The molecule has 5 heteroatoms. The minimum absolute atomic E-state index is 0.0294. The van der Waals surface area contributed by atoms with Gasteiger partial charge >= 0.3 is 0 Å². The monoisotopic (exact) mass is 353 g/mol. The SMILES string of the molecule is CC1C2=C(CC(C)(C)CC2=O)Nc2ccccc2N1CC(=O)NC1CC1. The van der Waals surface area contributed by atoms with E-state index in [4.69, 9.17) is 0 Å². The molecule has 5 nitrogen and oxygen atoms in total. The Labute approximate surface area is 154 Å². The third-order valence-corrected chi connectivity index (χ3v) is 5.56. The van der Waals surface area contributed by atoms with Crippen LogP contribution in [0.3, 0.4) is 0 Å². The maximum absolute atomic E-state index is 13.0. The topological polar surface area (TPSA) is 61.4 Å². The number of para-hydroxylation sites is 2. The highest BCUT2D eigenvalue weighted by Crippen LogP contribution is 2.43. The summed E-state index contributed by atoms with van der Waals surface area (Å²) in [5.74, 6) is 0.221. The highest BCUT2D eigenvalue weighted by molar-refractivity contribution is 6.01. The predicted molar refractivity (Wildman–Crippen MR) is 103 cm³/mol. The van der Waals surface area contributed by atoms with Crippen LogP contribution in [0.2, 0.25) is 0 Å². The lowest BCUT2D eigenvalue weighted by Crippen LogP contribution is -2.45. The molecule has 1 atom stereocenters. The van der Waals surface area contributed by atoms with Gasteiger partial charge in [0.05, 0.1) is 24.0 Å². The van der Waals surface area contributed by atoms with Crippen molar-refractivity contribution in [3.8, 4) is 0 Å². The van der Waals surface area contributed by atoms with Gasteiger partial charge in [-0.1, -0.05) is 26.0 Å². The number of carbonyl (C=O) groups excluding carboxylic acids is 2. The minimum atomic E-state index is -0.130. The van der Waals surface area contributed by atoms with E-state index >= 15 is 0 Å². The smallest absolute Gasteiger partial charge is 0.239 e. The van der Waals surface area contributed by atoms with Crippen LogP contribution in [0.4, 0.5) is 11.4 Å². The van der Waals surface area contributed by atoms with Gasteiger partial charge in [0.2, 0.25) is 5.91 Å². The quantitative estimate of drug-likeness (QED) is 0.876. The lowest BCUT2D eigenvalue weighted by molar-refractivity contribution is -0.120. The predicted octanol–water partition coefficient (Wildman–Crippen LogP) is 3.23. The van der Waals surface area contributed by atoms with E-state index in [-0.39, 0.29) is 29.7 Å². The number of fused-ring (bicyclic) bond motifs is 1. The third-order valence-electron chi connectivity index (χ3n) is 5.56. The first-order valence-electron chi connectivity index (χ1n) is 9.52. The van der Waals surface area contributed by atoms with Crippen molar-refractivity contribution in [2.24, 2.45) is 5.41 Å². The molecule has 1 amide bonds. The Morgan fingerprint density at radius 3 is 2.73 bits per heavy atom. The van der Waals surface area contributed by atoms with E-state index in [1.54, 1.807) is 0 Å². The molecule has 4 rings (SSSR count). The van der Waals surface area contributed by atoms with Crippen LogP contribution in [-0.4, -0.2) is 30.3 Å². The zero-order valence-corrected chi connectivity index (χ0v) is 15.8. The van der Waals surface area contributed by atoms with Gasteiger partial charge in [-0.3, -0.25) is 9.59 Å². The average molecular weight is 353 g/mol. The molecule has 26 heavy (non-hydrogen) atoms. The summed E-state index contributed by atoms with van der Waals surface area (Å²) >= 11 is 0. The number of amides is 1. The van der Waals surface area contributed by atoms with E-state index in [1.807, 2.05) is 31.2 Å². The highest BCUT2D eigenvalue weighted by Gasteiger charge is 2.39. The van der Waals surface area contributed by atoms with Gasteiger partial charge in [0.25, 0.3) is 0 Å². The number of hydrogen-bond acceptors (Lipinski definition) is 4. The molecular formula is C21H27N3O2. The summed E-state index contributed by atoms with van der Waals surface area (Å²) < 4.78 is 0. The average Bonchev–Trinajstić information content (AvgIpc) is 3.35. The van der Waals surface area contributed by atoms with E-state index in [0.717, 1.165) is 41.9 Å². The van der Waals surface area contributed by atoms with Crippen LogP contribution >= 0.6 is 0 Å². The molecule has 1 heterocycles. The fraction of sp³-hybridized carbons (Fsp3) is 0.524. The summed E-state index contributed by atoms with van der Waals surface area (Å²) in [5, 5.41) is 6.59. The summed E-state index contributed by atoms with van der Waals surface area (Å²) in [4.78, 5) is 27.5. The highest BCUT2D eigenvalue weighted by atomic mass is 16.2. The summed E-state index contributed by atoms with van der Waals surface area (Å²) in [5.41, 5.74) is 3.74. The van der Waals surface area contributed by atoms with Crippen molar-refractivity contribution in [2.75, 3.05) is 16.8 Å². The number of Topliss-reactive ketones (excluding diaryl/α,β-unsaturated/α-hetero) is 1. The zero-order valence-electron chi connectivity index (χ0n) is 15.8. The molecule has 2 N–H and O–H groups in total. The Morgan fingerprint density at radius 2 is 2.00 bits per heavy atom. The van der Waals surface area contributed by atoms with E-state index in [1.165, 1.54) is 0 Å². The van der Waals surface area contributed by atoms with Crippen molar-refractivity contribution in [2.45, 2.75) is 58.5 Å². The van der Waals surface area contributed by atoms with Gasteiger partial charge in [0.1, 0.15) is 0 Å². The van der Waals surface area contributed by atoms with Crippen molar-refractivity contribution in [1.29, 1.82) is 0 Å². The van der Waals surface area contributed by atoms with Gasteiger partial charge < -0.3 is 15.5 Å². The second kappa shape index (κ2) is 6.15. The van der Waals surface area contributed by atoms with Gasteiger partial charge in [-0.2, -0.15) is 0 Å². The number of hydrogen-bond donors (Lipinski definition) is 2. The standard InChI is InChI=1S/C21H27N3O2/c1-13-20-16(10-21(2,3)11-18(20)25)23-15-6-4-5-7-17(15)24(13)12-19(26)22-14-8-9-14/h4-7,13-14,23H,8-12H2,1-3H3,(H,22,26). The Bertz CT molecular complexity index is 792. The van der Waals surface area contributed by atoms with Gasteiger partial charge in [-0.15, -0.1) is 0 Å². The molecule has 1 aromatic rings. The first-order valence-corrected chi connectivity index (χ1v) is 9.52. The molecule has 1 aliphatic heterocycles. The van der Waals surface area contributed by atoms with Crippen LogP contribution in [0, 0.1) is 5.41 Å². The summed E-state index contributed by atoms with van der Waals surface area (Å²) in [6, 6.07) is 8.22. The van der Waals surface area contributed by atoms with Crippen molar-refractivity contribution in [1.82, 2.24) is 5.32 Å². The first kappa shape index (κ1) is 17.1. The summed E-state index contributed by atoms with van der Waals surface area (Å²) in [7, 11) is 0. The number of benzene rings is 1. The molecule has 138 valence electrons. The fourth-order valence-electron chi connectivity index (χ4n) is 4.17. The van der Waals surface area contributed by atoms with Gasteiger partial charge in [-0.05, 0) is 43.7 Å². The second-order valence-electron chi connectivity index (χ2n) is 8.62. The Kier molecular flexibility index (Phi) is 4.05. The number of rotatable bonds is 3. The molecule has 1 unspecified atom stereocenters. The van der Waals surface area contributed by atoms with Crippen LogP contribution in [0.15, 0.2) is 35.5 Å². The Balaban J connectivity index is 1.72. The van der Waals surface area contributed by atoms with Crippen molar-refractivity contribution >= 4 is 23.1 Å². The van der Waals surface area contributed by atoms with E-state index in [2.05, 4.69) is 29.4 Å². The summed E-state index contributed by atoms with van der Waals surface area (Å²) in [6.45, 7) is 6.58. The van der Waals surface area contributed by atoms with Gasteiger partial charge in [0, 0.05) is 23.7 Å². The number of allylic oxidation sites excluding steroid dienone is 1. The fourth-order valence-corrected chi connectivity index (χ4v) is 4.17. The minimum Gasteiger partial charge on any atom is -0.357 e. The van der Waals surface area contributed by atoms with Crippen LogP contribution in [0.5, 0.6) is 0 Å². The molecule has 0 spiro atoms. The van der Waals surface area contributed by atoms with E-state index < -0.39 is 0 Å². The van der Waals surface area contributed by atoms with E-state index in [0.29, 0.717) is 12.5 Å². The molecular weight excluding hydrogens is 326 g/mol. The van der Waals surface area contributed by atoms with Gasteiger partial charge in [-0.25, -0.2) is 0 Å². The van der Waals surface area contributed by atoms with Crippen molar-refractivity contribution in [3.63, 3.8) is 0 Å². The maximum atomic E-state index is 13.0. The summed E-state index contributed by atoms with van der Waals surface area (Å²) in [6.07, 6.45) is 3.54. The molecule has 2 aliphatic carbocycles. The number of ketones is 1.